The summed E-state index contributed by atoms with van der Waals surface area (Å²) >= 11 is 0. The average molecular weight is 367 g/mol. The molecule has 1 aliphatic rings. The van der Waals surface area contributed by atoms with E-state index in [1.54, 1.807) is 36.2 Å². The molecule has 1 saturated carbocycles. The number of hydrogen-bond acceptors (Lipinski definition) is 4. The Bertz CT molecular complexity index is 733. The van der Waals surface area contributed by atoms with Crippen molar-refractivity contribution in [2.45, 2.75) is 43.5 Å². The Morgan fingerprint density at radius 2 is 1.56 bits per heavy atom. The lowest BCUT2D eigenvalue weighted by molar-refractivity contribution is -0.145. The summed E-state index contributed by atoms with van der Waals surface area (Å²) < 4.78 is 23.1. The lowest BCUT2D eigenvalue weighted by Crippen LogP contribution is -2.37. The van der Waals surface area contributed by atoms with E-state index in [9.17, 15) is 18.0 Å². The van der Waals surface area contributed by atoms with E-state index in [0.717, 1.165) is 11.8 Å². The zero-order valence-electron chi connectivity index (χ0n) is 14.8. The van der Waals surface area contributed by atoms with Crippen LogP contribution >= 0.6 is 0 Å². The Labute approximate surface area is 148 Å². The molecule has 1 atom stereocenters. The fourth-order valence-electron chi connectivity index (χ4n) is 3.28. The maximum atomic E-state index is 12.7. The molecule has 1 aliphatic carbocycles. The number of nitrogens with zero attached hydrogens (tertiary/aromatic N) is 1. The molecule has 7 heteroatoms. The number of carbonyl (C=O) groups excluding carboxylic acids is 1. The Kier molecular flexibility index (Phi) is 5.87. The van der Waals surface area contributed by atoms with Crippen molar-refractivity contribution >= 4 is 21.7 Å². The molecule has 1 N–H and O–H groups in total. The summed E-state index contributed by atoms with van der Waals surface area (Å²) in [6.07, 6.45) is 3.43. The smallest absolute Gasteiger partial charge is 0.306 e. The number of sulfone groups is 1. The Balaban J connectivity index is 2.03. The molecular formula is C18H25NO5S. The van der Waals surface area contributed by atoms with E-state index < -0.39 is 15.8 Å². The van der Waals surface area contributed by atoms with Gasteiger partial charge in [0.1, 0.15) is 0 Å². The molecule has 1 unspecified atom stereocenters. The summed E-state index contributed by atoms with van der Waals surface area (Å²) in [6.45, 7) is 1.90. The minimum absolute atomic E-state index is 0.0172. The van der Waals surface area contributed by atoms with Crippen molar-refractivity contribution in [3.8, 4) is 0 Å². The van der Waals surface area contributed by atoms with Crippen LogP contribution in [0.25, 0.3) is 0 Å². The number of carboxylic acids is 1. The number of amides is 1. The second kappa shape index (κ2) is 7.56. The standard InChI is InChI=1S/C18H25NO5S/c1-12(13-8-10-16(11-9-13)25(3,23)24)19(2)17(20)14-4-6-15(7-5-14)18(21)22/h8-12,14-15H,4-7H2,1-3H3,(H,21,22). The zero-order chi connectivity index (χ0) is 18.8. The van der Waals surface area contributed by atoms with Crippen LogP contribution in [0.2, 0.25) is 0 Å². The van der Waals surface area contributed by atoms with E-state index in [2.05, 4.69) is 0 Å². The van der Waals surface area contributed by atoms with Crippen molar-refractivity contribution in [1.82, 2.24) is 4.90 Å². The van der Waals surface area contributed by atoms with Crippen molar-refractivity contribution in [1.29, 1.82) is 0 Å². The first kappa shape index (κ1) is 19.4. The Morgan fingerprint density at radius 1 is 1.08 bits per heavy atom. The molecular weight excluding hydrogens is 342 g/mol. The van der Waals surface area contributed by atoms with Gasteiger partial charge in [-0.3, -0.25) is 9.59 Å². The SMILES string of the molecule is CC(c1ccc(S(C)(=O)=O)cc1)N(C)C(=O)C1CCC(C(=O)O)CC1. The van der Waals surface area contributed by atoms with Crippen LogP contribution in [0.1, 0.15) is 44.2 Å². The van der Waals surface area contributed by atoms with E-state index >= 15 is 0 Å². The van der Waals surface area contributed by atoms with Crippen LogP contribution in [-0.2, 0) is 19.4 Å². The third-order valence-electron chi connectivity index (χ3n) is 5.14. The van der Waals surface area contributed by atoms with Gasteiger partial charge in [0.15, 0.2) is 9.84 Å². The third-order valence-corrected chi connectivity index (χ3v) is 6.27. The highest BCUT2D eigenvalue weighted by Crippen LogP contribution is 2.32. The molecule has 0 radical (unpaired) electrons. The fraction of sp³-hybridized carbons (Fsp3) is 0.556. The van der Waals surface area contributed by atoms with E-state index in [-0.39, 0.29) is 28.7 Å². The highest BCUT2D eigenvalue weighted by Gasteiger charge is 2.32. The van der Waals surface area contributed by atoms with Gasteiger partial charge in [0.2, 0.25) is 5.91 Å². The molecule has 0 bridgehead atoms. The van der Waals surface area contributed by atoms with Crippen LogP contribution in [0.3, 0.4) is 0 Å². The molecule has 1 amide bonds. The van der Waals surface area contributed by atoms with Crippen LogP contribution in [0.4, 0.5) is 0 Å². The van der Waals surface area contributed by atoms with Gasteiger partial charge >= 0.3 is 5.97 Å². The van der Waals surface area contributed by atoms with E-state index in [1.165, 1.54) is 0 Å². The molecule has 0 saturated heterocycles. The molecule has 2 rings (SSSR count). The molecule has 1 aromatic carbocycles. The van der Waals surface area contributed by atoms with Crippen LogP contribution in [0.5, 0.6) is 0 Å². The van der Waals surface area contributed by atoms with Gasteiger partial charge in [0.05, 0.1) is 16.9 Å². The topological polar surface area (TPSA) is 91.8 Å². The van der Waals surface area contributed by atoms with Crippen molar-refractivity contribution in [3.05, 3.63) is 29.8 Å². The Morgan fingerprint density at radius 3 is 2.00 bits per heavy atom. The molecule has 1 fully saturated rings. The van der Waals surface area contributed by atoms with E-state index in [0.29, 0.717) is 25.7 Å². The first-order valence-electron chi connectivity index (χ1n) is 8.40. The number of carbonyl (C=O) groups is 2. The minimum Gasteiger partial charge on any atom is -0.481 e. The first-order valence-corrected chi connectivity index (χ1v) is 10.3. The van der Waals surface area contributed by atoms with Crippen LogP contribution in [-0.4, -0.2) is 43.6 Å². The maximum absolute atomic E-state index is 12.7. The summed E-state index contributed by atoms with van der Waals surface area (Å²) in [5, 5.41) is 9.05. The number of hydrogen-bond donors (Lipinski definition) is 1. The Hall–Kier alpha value is -1.89. The van der Waals surface area contributed by atoms with E-state index in [1.807, 2.05) is 6.92 Å². The van der Waals surface area contributed by atoms with Gasteiger partial charge < -0.3 is 10.0 Å². The third kappa shape index (κ3) is 4.60. The van der Waals surface area contributed by atoms with E-state index in [4.69, 9.17) is 5.11 Å². The van der Waals surface area contributed by atoms with Crippen LogP contribution < -0.4 is 0 Å². The zero-order valence-corrected chi connectivity index (χ0v) is 15.6. The highest BCUT2D eigenvalue weighted by molar-refractivity contribution is 7.90. The second-order valence-corrected chi connectivity index (χ2v) is 8.87. The molecule has 6 nitrogen and oxygen atoms in total. The quantitative estimate of drug-likeness (QED) is 0.863. The summed E-state index contributed by atoms with van der Waals surface area (Å²) in [6, 6.07) is 6.38. The van der Waals surface area contributed by atoms with Gasteiger partial charge in [0.25, 0.3) is 0 Å². The lowest BCUT2D eigenvalue weighted by atomic mass is 9.81. The lowest BCUT2D eigenvalue weighted by Gasteiger charge is -2.32. The van der Waals surface area contributed by atoms with Gasteiger partial charge in [-0.15, -0.1) is 0 Å². The van der Waals surface area contributed by atoms with Crippen LogP contribution in [0, 0.1) is 11.8 Å². The molecule has 0 heterocycles. The first-order chi connectivity index (χ1) is 11.6. The summed E-state index contributed by atoms with van der Waals surface area (Å²) in [4.78, 5) is 25.6. The predicted molar refractivity (Wildman–Crippen MR) is 93.8 cm³/mol. The van der Waals surface area contributed by atoms with Gasteiger partial charge in [-0.25, -0.2) is 8.42 Å². The number of rotatable bonds is 5. The molecule has 0 spiro atoms. The van der Waals surface area contributed by atoms with Crippen molar-refractivity contribution in [2.24, 2.45) is 11.8 Å². The van der Waals surface area contributed by atoms with Gasteiger partial charge in [-0.2, -0.15) is 0 Å². The van der Waals surface area contributed by atoms with Gasteiger partial charge in [-0.1, -0.05) is 12.1 Å². The number of aliphatic carboxylic acids is 1. The normalized spacial score (nSPS) is 22.2. The summed E-state index contributed by atoms with van der Waals surface area (Å²) in [7, 11) is -1.50. The molecule has 0 aliphatic heterocycles. The number of benzene rings is 1. The molecule has 0 aromatic heterocycles. The number of carboxylic acid groups (broad SMARTS) is 1. The second-order valence-electron chi connectivity index (χ2n) is 6.85. The van der Waals surface area contributed by atoms with Crippen LogP contribution in [0.15, 0.2) is 29.2 Å². The molecule has 1 aromatic rings. The predicted octanol–water partition coefficient (Wildman–Crippen LogP) is 2.50. The maximum Gasteiger partial charge on any atom is 0.306 e. The summed E-state index contributed by atoms with van der Waals surface area (Å²) in [5.41, 5.74) is 0.863. The molecule has 138 valence electrons. The fourth-order valence-corrected chi connectivity index (χ4v) is 3.91. The average Bonchev–Trinajstić information content (AvgIpc) is 2.59. The van der Waals surface area contributed by atoms with Gasteiger partial charge in [0, 0.05) is 19.2 Å². The minimum atomic E-state index is -3.24. The van der Waals surface area contributed by atoms with Crippen molar-refractivity contribution < 1.29 is 23.1 Å². The summed E-state index contributed by atoms with van der Waals surface area (Å²) in [5.74, 6) is -1.24. The monoisotopic (exact) mass is 367 g/mol. The molecule has 25 heavy (non-hydrogen) atoms. The van der Waals surface area contributed by atoms with Crippen molar-refractivity contribution in [2.75, 3.05) is 13.3 Å². The highest BCUT2D eigenvalue weighted by atomic mass is 32.2. The largest absolute Gasteiger partial charge is 0.481 e. The van der Waals surface area contributed by atoms with Gasteiger partial charge in [-0.05, 0) is 50.3 Å². The van der Waals surface area contributed by atoms with Crippen molar-refractivity contribution in [3.63, 3.8) is 0 Å².